The molecule has 132 valence electrons. The summed E-state index contributed by atoms with van der Waals surface area (Å²) >= 11 is 0. The molecule has 1 fully saturated rings. The van der Waals surface area contributed by atoms with Crippen molar-refractivity contribution in [3.8, 4) is 0 Å². The fraction of sp³-hybridized carbons (Fsp3) is 0.562. The maximum atomic E-state index is 12.9. The first-order valence-corrected chi connectivity index (χ1v) is 9.61. The minimum atomic E-state index is -3.76. The second-order valence-electron chi connectivity index (χ2n) is 6.67. The highest BCUT2D eigenvalue weighted by molar-refractivity contribution is 7.89. The predicted molar refractivity (Wildman–Crippen MR) is 91.2 cm³/mol. The van der Waals surface area contributed by atoms with E-state index in [1.54, 1.807) is 13.1 Å². The largest absolute Gasteiger partial charge is 0.419 e. The molecule has 0 saturated heterocycles. The van der Waals surface area contributed by atoms with Gasteiger partial charge in [-0.15, -0.1) is 0 Å². The summed E-state index contributed by atoms with van der Waals surface area (Å²) in [4.78, 5) is 11.6. The van der Waals surface area contributed by atoms with E-state index in [2.05, 4.69) is 4.72 Å². The lowest BCUT2D eigenvalue weighted by atomic mass is 9.74. The SMILES string of the molecule is CC1CCCCC1(CN)NS(=O)(=O)c1ccc2c(c1)oc(=O)n2C. The van der Waals surface area contributed by atoms with E-state index < -0.39 is 21.3 Å². The molecule has 1 saturated carbocycles. The monoisotopic (exact) mass is 353 g/mol. The van der Waals surface area contributed by atoms with Crippen LogP contribution in [0.3, 0.4) is 0 Å². The van der Waals surface area contributed by atoms with Crippen LogP contribution in [0.5, 0.6) is 0 Å². The molecular formula is C16H23N3O4S. The van der Waals surface area contributed by atoms with Crippen LogP contribution >= 0.6 is 0 Å². The minimum absolute atomic E-state index is 0.0787. The van der Waals surface area contributed by atoms with E-state index in [4.69, 9.17) is 10.2 Å². The zero-order chi connectivity index (χ0) is 17.5. The molecule has 1 aliphatic carbocycles. The summed E-state index contributed by atoms with van der Waals surface area (Å²) in [6.07, 6.45) is 3.72. The van der Waals surface area contributed by atoms with Crippen molar-refractivity contribution in [1.82, 2.24) is 9.29 Å². The van der Waals surface area contributed by atoms with Gasteiger partial charge in [0.2, 0.25) is 10.0 Å². The number of benzene rings is 1. The number of nitrogens with two attached hydrogens (primary N) is 1. The second kappa shape index (κ2) is 6.02. The van der Waals surface area contributed by atoms with Gasteiger partial charge in [-0.2, -0.15) is 0 Å². The highest BCUT2D eigenvalue weighted by atomic mass is 32.2. The lowest BCUT2D eigenvalue weighted by Crippen LogP contribution is -2.58. The van der Waals surface area contributed by atoms with Gasteiger partial charge in [0.15, 0.2) is 5.58 Å². The zero-order valence-electron chi connectivity index (χ0n) is 13.9. The normalized spacial score (nSPS) is 25.2. The number of nitrogens with one attached hydrogen (secondary N) is 1. The predicted octanol–water partition coefficient (Wildman–Crippen LogP) is 1.32. The second-order valence-corrected chi connectivity index (χ2v) is 8.35. The Hall–Kier alpha value is -1.64. The molecule has 1 aromatic heterocycles. The number of aryl methyl sites for hydroxylation is 1. The van der Waals surface area contributed by atoms with Crippen LogP contribution in [0.4, 0.5) is 0 Å². The van der Waals surface area contributed by atoms with Crippen LogP contribution in [0, 0.1) is 5.92 Å². The molecule has 3 N–H and O–H groups in total. The molecule has 0 radical (unpaired) electrons. The summed E-state index contributed by atoms with van der Waals surface area (Å²) < 4.78 is 35.0. The highest BCUT2D eigenvalue weighted by Crippen LogP contribution is 2.34. The first-order valence-electron chi connectivity index (χ1n) is 8.13. The number of sulfonamides is 1. The number of aromatic nitrogens is 1. The number of hydrogen-bond acceptors (Lipinski definition) is 5. The van der Waals surface area contributed by atoms with Gasteiger partial charge in [-0.3, -0.25) is 4.57 Å². The van der Waals surface area contributed by atoms with Gasteiger partial charge >= 0.3 is 5.76 Å². The van der Waals surface area contributed by atoms with E-state index in [0.29, 0.717) is 5.52 Å². The van der Waals surface area contributed by atoms with E-state index in [-0.39, 0.29) is 22.9 Å². The van der Waals surface area contributed by atoms with Gasteiger partial charge in [0, 0.05) is 25.2 Å². The van der Waals surface area contributed by atoms with Crippen molar-refractivity contribution in [3.63, 3.8) is 0 Å². The van der Waals surface area contributed by atoms with E-state index in [0.717, 1.165) is 25.7 Å². The number of nitrogens with zero attached hydrogens (tertiary/aromatic N) is 1. The molecular weight excluding hydrogens is 330 g/mol. The lowest BCUT2D eigenvalue weighted by molar-refractivity contribution is 0.191. The number of fused-ring (bicyclic) bond motifs is 1. The molecule has 2 aromatic rings. The average molecular weight is 353 g/mol. The molecule has 8 heteroatoms. The Kier molecular flexibility index (Phi) is 4.31. The van der Waals surface area contributed by atoms with Crippen LogP contribution in [0.2, 0.25) is 0 Å². The Balaban J connectivity index is 1.99. The van der Waals surface area contributed by atoms with Crippen molar-refractivity contribution in [1.29, 1.82) is 0 Å². The topological polar surface area (TPSA) is 107 Å². The van der Waals surface area contributed by atoms with Crippen molar-refractivity contribution >= 4 is 21.1 Å². The van der Waals surface area contributed by atoms with Crippen LogP contribution in [0.25, 0.3) is 11.1 Å². The maximum absolute atomic E-state index is 12.9. The Labute approximate surface area is 140 Å². The standard InChI is InChI=1S/C16H23N3O4S/c1-11-5-3-4-8-16(11,10-17)18-24(21,22)12-6-7-13-14(9-12)23-15(20)19(13)2/h6-7,9,11,18H,3-5,8,10,17H2,1-2H3. The molecule has 2 unspecified atom stereocenters. The highest BCUT2D eigenvalue weighted by Gasteiger charge is 2.40. The van der Waals surface area contributed by atoms with Crippen molar-refractivity contribution in [2.24, 2.45) is 18.7 Å². The molecule has 0 amide bonds. The third-order valence-corrected chi connectivity index (χ3v) is 6.78. The minimum Gasteiger partial charge on any atom is -0.408 e. The van der Waals surface area contributed by atoms with E-state index in [1.165, 1.54) is 16.7 Å². The van der Waals surface area contributed by atoms with Crippen LogP contribution in [-0.4, -0.2) is 25.1 Å². The number of oxazole rings is 1. The van der Waals surface area contributed by atoms with Gasteiger partial charge in [0.05, 0.1) is 10.4 Å². The van der Waals surface area contributed by atoms with Gasteiger partial charge in [-0.25, -0.2) is 17.9 Å². The molecule has 3 rings (SSSR count). The zero-order valence-corrected chi connectivity index (χ0v) is 14.7. The summed E-state index contributed by atoms with van der Waals surface area (Å²) in [5, 5.41) is 0. The molecule has 0 spiro atoms. The van der Waals surface area contributed by atoms with Gasteiger partial charge in [0.25, 0.3) is 0 Å². The molecule has 0 aliphatic heterocycles. The van der Waals surface area contributed by atoms with E-state index >= 15 is 0 Å². The van der Waals surface area contributed by atoms with Gasteiger partial charge < -0.3 is 10.2 Å². The Morgan fingerprint density at radius 1 is 1.42 bits per heavy atom. The fourth-order valence-electron chi connectivity index (χ4n) is 3.52. The van der Waals surface area contributed by atoms with Crippen molar-refractivity contribution < 1.29 is 12.8 Å². The van der Waals surface area contributed by atoms with Crippen molar-refractivity contribution in [2.75, 3.05) is 6.54 Å². The molecule has 7 nitrogen and oxygen atoms in total. The third-order valence-electron chi connectivity index (χ3n) is 5.23. The van der Waals surface area contributed by atoms with Crippen molar-refractivity contribution in [3.05, 3.63) is 28.7 Å². The first-order chi connectivity index (χ1) is 11.3. The molecule has 24 heavy (non-hydrogen) atoms. The van der Waals surface area contributed by atoms with E-state index in [1.807, 2.05) is 6.92 Å². The summed E-state index contributed by atoms with van der Waals surface area (Å²) in [5.41, 5.74) is 6.12. The Bertz CT molecular complexity index is 915. The van der Waals surface area contributed by atoms with Crippen LogP contribution in [0.1, 0.15) is 32.6 Å². The molecule has 1 aromatic carbocycles. The van der Waals surface area contributed by atoms with Crippen molar-refractivity contribution in [2.45, 2.75) is 43.0 Å². The Morgan fingerprint density at radius 3 is 2.83 bits per heavy atom. The third kappa shape index (κ3) is 2.78. The summed E-state index contributed by atoms with van der Waals surface area (Å²) in [6, 6.07) is 4.45. The smallest absolute Gasteiger partial charge is 0.408 e. The van der Waals surface area contributed by atoms with Gasteiger partial charge in [-0.1, -0.05) is 19.8 Å². The van der Waals surface area contributed by atoms with Crippen LogP contribution < -0.4 is 16.2 Å². The van der Waals surface area contributed by atoms with Gasteiger partial charge in [0.1, 0.15) is 0 Å². The maximum Gasteiger partial charge on any atom is 0.419 e. The number of hydrogen-bond donors (Lipinski definition) is 2. The summed E-state index contributed by atoms with van der Waals surface area (Å²) in [5.74, 6) is -0.351. The fourth-order valence-corrected chi connectivity index (χ4v) is 5.07. The molecule has 0 bridgehead atoms. The summed E-state index contributed by atoms with van der Waals surface area (Å²) in [7, 11) is -2.18. The quantitative estimate of drug-likeness (QED) is 0.862. The Morgan fingerprint density at radius 2 is 2.17 bits per heavy atom. The van der Waals surface area contributed by atoms with Gasteiger partial charge in [-0.05, 0) is 30.9 Å². The van der Waals surface area contributed by atoms with Crippen LogP contribution in [-0.2, 0) is 17.1 Å². The molecule has 2 atom stereocenters. The van der Waals surface area contributed by atoms with Crippen LogP contribution in [0.15, 0.2) is 32.3 Å². The van der Waals surface area contributed by atoms with E-state index in [9.17, 15) is 13.2 Å². The molecule has 1 aliphatic rings. The first kappa shape index (κ1) is 17.2. The molecule has 1 heterocycles. The number of rotatable bonds is 4. The lowest BCUT2D eigenvalue weighted by Gasteiger charge is -2.42. The average Bonchev–Trinajstić information content (AvgIpc) is 2.84. The summed E-state index contributed by atoms with van der Waals surface area (Å²) in [6.45, 7) is 2.30.